The molecule has 4 N–H and O–H groups in total. The Bertz CT molecular complexity index is 227. The van der Waals surface area contributed by atoms with Crippen molar-refractivity contribution in [3.05, 3.63) is 0 Å². The van der Waals surface area contributed by atoms with Crippen LogP contribution >= 0.6 is 0 Å². The van der Waals surface area contributed by atoms with Crippen LogP contribution in [0.4, 0.5) is 0 Å². The Morgan fingerprint density at radius 2 is 1.67 bits per heavy atom. The van der Waals surface area contributed by atoms with Gasteiger partial charge in [0.1, 0.15) is 12.2 Å². The Morgan fingerprint density at radius 3 is 2.28 bits per heavy atom. The van der Waals surface area contributed by atoms with Crippen LogP contribution in [0, 0.1) is 0 Å². The van der Waals surface area contributed by atoms with E-state index in [4.69, 9.17) is 0 Å². The minimum atomic E-state index is -1.15. The fourth-order valence-electron chi connectivity index (χ4n) is 2.55. The third-order valence-corrected chi connectivity index (χ3v) is 3.76. The number of rotatable bonds is 7. The van der Waals surface area contributed by atoms with Crippen molar-refractivity contribution in [3.63, 3.8) is 0 Å². The first-order valence-electron chi connectivity index (χ1n) is 7.01. The van der Waals surface area contributed by atoms with E-state index in [1.165, 1.54) is 19.3 Å². The Balaban J connectivity index is 2.37. The van der Waals surface area contributed by atoms with Crippen molar-refractivity contribution in [3.8, 4) is 0 Å². The molecule has 0 aliphatic carbocycles. The van der Waals surface area contributed by atoms with Crippen LogP contribution in [-0.2, 0) is 0 Å². The molecule has 1 heterocycles. The number of nitrogens with zero attached hydrogens (tertiary/aromatic N) is 1. The zero-order valence-electron chi connectivity index (χ0n) is 11.2. The summed E-state index contributed by atoms with van der Waals surface area (Å²) in [5.41, 5.74) is 0. The first kappa shape index (κ1) is 15.9. The lowest BCUT2D eigenvalue weighted by atomic mass is 9.94. The molecule has 5 nitrogen and oxygen atoms in total. The van der Waals surface area contributed by atoms with Gasteiger partial charge in [-0.3, -0.25) is 4.90 Å². The summed E-state index contributed by atoms with van der Waals surface area (Å²) in [6.45, 7) is 3.04. The SMILES string of the molecule is CCCCCCCN1C[C@H](O)[C@@H](O)[C@@H](O)[C@H]1CO. The smallest absolute Gasteiger partial charge is 0.109 e. The fourth-order valence-corrected chi connectivity index (χ4v) is 2.55. The maximum Gasteiger partial charge on any atom is 0.109 e. The molecule has 1 aliphatic heterocycles. The summed E-state index contributed by atoms with van der Waals surface area (Å²) < 4.78 is 0. The highest BCUT2D eigenvalue weighted by Crippen LogP contribution is 2.19. The maximum absolute atomic E-state index is 9.81. The van der Waals surface area contributed by atoms with Crippen LogP contribution in [0.3, 0.4) is 0 Å². The molecule has 0 aromatic heterocycles. The largest absolute Gasteiger partial charge is 0.395 e. The molecule has 108 valence electrons. The van der Waals surface area contributed by atoms with Crippen LogP contribution < -0.4 is 0 Å². The van der Waals surface area contributed by atoms with Gasteiger partial charge in [0.2, 0.25) is 0 Å². The van der Waals surface area contributed by atoms with Crippen LogP contribution in [0.2, 0.25) is 0 Å². The summed E-state index contributed by atoms with van der Waals surface area (Å²) >= 11 is 0. The molecule has 5 heteroatoms. The van der Waals surface area contributed by atoms with E-state index in [0.29, 0.717) is 6.54 Å². The minimum absolute atomic E-state index is 0.195. The highest BCUT2D eigenvalue weighted by atomic mass is 16.4. The predicted molar refractivity (Wildman–Crippen MR) is 69.2 cm³/mol. The molecule has 0 spiro atoms. The molecule has 18 heavy (non-hydrogen) atoms. The number of unbranched alkanes of at least 4 members (excludes halogenated alkanes) is 4. The highest BCUT2D eigenvalue weighted by molar-refractivity contribution is 4.93. The van der Waals surface area contributed by atoms with Gasteiger partial charge in [-0.25, -0.2) is 0 Å². The van der Waals surface area contributed by atoms with Crippen molar-refractivity contribution >= 4 is 0 Å². The van der Waals surface area contributed by atoms with E-state index in [0.717, 1.165) is 19.4 Å². The van der Waals surface area contributed by atoms with Gasteiger partial charge in [-0.2, -0.15) is 0 Å². The van der Waals surface area contributed by atoms with Gasteiger partial charge in [-0.05, 0) is 13.0 Å². The Labute approximate surface area is 109 Å². The van der Waals surface area contributed by atoms with E-state index in [-0.39, 0.29) is 6.61 Å². The van der Waals surface area contributed by atoms with Gasteiger partial charge in [-0.1, -0.05) is 32.6 Å². The molecular formula is C13H27NO4. The van der Waals surface area contributed by atoms with E-state index in [9.17, 15) is 20.4 Å². The normalized spacial score (nSPS) is 33.8. The van der Waals surface area contributed by atoms with E-state index in [2.05, 4.69) is 6.92 Å². The third-order valence-electron chi connectivity index (χ3n) is 3.76. The molecule has 0 bridgehead atoms. The second kappa shape index (κ2) is 8.07. The van der Waals surface area contributed by atoms with Crippen LogP contribution in [0.1, 0.15) is 39.0 Å². The van der Waals surface area contributed by atoms with Gasteiger partial charge in [0.25, 0.3) is 0 Å². The summed E-state index contributed by atoms with van der Waals surface area (Å²) in [5, 5.41) is 38.3. The molecule has 0 unspecified atom stereocenters. The lowest BCUT2D eigenvalue weighted by Gasteiger charge is -2.43. The number of likely N-dealkylation sites (tertiary alicyclic amines) is 1. The van der Waals surface area contributed by atoms with Crippen molar-refractivity contribution in [2.24, 2.45) is 0 Å². The molecule has 1 fully saturated rings. The zero-order valence-corrected chi connectivity index (χ0v) is 11.2. The number of hydrogen-bond donors (Lipinski definition) is 4. The van der Waals surface area contributed by atoms with Crippen molar-refractivity contribution in [1.29, 1.82) is 0 Å². The molecule has 0 radical (unpaired) electrons. The second-order valence-electron chi connectivity index (χ2n) is 5.21. The number of β-amino-alcohol motifs (C(OH)–C–C–N with tert-alkyl or cyclic N) is 1. The van der Waals surface area contributed by atoms with Gasteiger partial charge in [-0.15, -0.1) is 0 Å². The van der Waals surface area contributed by atoms with Crippen molar-refractivity contribution in [2.45, 2.75) is 63.4 Å². The van der Waals surface area contributed by atoms with Crippen molar-refractivity contribution in [1.82, 2.24) is 4.90 Å². The lowest BCUT2D eigenvalue weighted by molar-refractivity contribution is -0.145. The first-order chi connectivity index (χ1) is 8.61. The zero-order chi connectivity index (χ0) is 13.5. The number of aliphatic hydroxyl groups is 4. The Kier molecular flexibility index (Phi) is 7.11. The molecule has 1 aliphatic rings. The predicted octanol–water partition coefficient (Wildman–Crippen LogP) is -0.284. The quantitative estimate of drug-likeness (QED) is 0.474. The summed E-state index contributed by atoms with van der Waals surface area (Å²) in [6, 6.07) is -0.463. The van der Waals surface area contributed by atoms with Gasteiger partial charge < -0.3 is 20.4 Å². The average Bonchev–Trinajstić information content (AvgIpc) is 2.36. The average molecular weight is 261 g/mol. The van der Waals surface area contributed by atoms with E-state index < -0.39 is 24.4 Å². The Morgan fingerprint density at radius 1 is 1.00 bits per heavy atom. The number of hydrogen-bond acceptors (Lipinski definition) is 5. The molecular weight excluding hydrogens is 234 g/mol. The van der Waals surface area contributed by atoms with Crippen LogP contribution in [0.5, 0.6) is 0 Å². The minimum Gasteiger partial charge on any atom is -0.395 e. The third kappa shape index (κ3) is 4.17. The fraction of sp³-hybridized carbons (Fsp3) is 1.00. The molecule has 0 aromatic rings. The van der Waals surface area contributed by atoms with Crippen LogP contribution in [0.25, 0.3) is 0 Å². The molecule has 1 saturated heterocycles. The topological polar surface area (TPSA) is 84.2 Å². The van der Waals surface area contributed by atoms with Gasteiger partial charge in [0, 0.05) is 6.54 Å². The van der Waals surface area contributed by atoms with Crippen molar-refractivity contribution < 1.29 is 20.4 Å². The molecule has 0 aromatic carbocycles. The van der Waals surface area contributed by atoms with E-state index in [1.807, 2.05) is 4.90 Å². The molecule has 4 atom stereocenters. The first-order valence-corrected chi connectivity index (χ1v) is 7.01. The second-order valence-corrected chi connectivity index (χ2v) is 5.21. The molecule has 1 rings (SSSR count). The van der Waals surface area contributed by atoms with Crippen LogP contribution in [0.15, 0.2) is 0 Å². The number of aliphatic hydroxyl groups excluding tert-OH is 4. The molecule has 0 saturated carbocycles. The number of piperidine rings is 1. The Hall–Kier alpha value is -0.200. The van der Waals surface area contributed by atoms with Gasteiger partial charge in [0.15, 0.2) is 0 Å². The van der Waals surface area contributed by atoms with Gasteiger partial charge in [0.05, 0.1) is 18.8 Å². The summed E-state index contributed by atoms with van der Waals surface area (Å²) in [7, 11) is 0. The van der Waals surface area contributed by atoms with E-state index >= 15 is 0 Å². The van der Waals surface area contributed by atoms with Crippen LogP contribution in [-0.4, -0.2) is 69.4 Å². The highest BCUT2D eigenvalue weighted by Gasteiger charge is 2.40. The lowest BCUT2D eigenvalue weighted by Crippen LogP contribution is -2.62. The monoisotopic (exact) mass is 261 g/mol. The van der Waals surface area contributed by atoms with Crippen molar-refractivity contribution in [2.75, 3.05) is 19.7 Å². The molecule has 0 amide bonds. The summed E-state index contributed by atoms with van der Waals surface area (Å²) in [5.74, 6) is 0. The van der Waals surface area contributed by atoms with Gasteiger partial charge >= 0.3 is 0 Å². The summed E-state index contributed by atoms with van der Waals surface area (Å²) in [6.07, 6.45) is 2.58. The maximum atomic E-state index is 9.81. The standard InChI is InChI=1S/C13H27NO4/c1-2-3-4-5-6-7-14-8-11(16)13(18)12(17)10(14)9-15/h10-13,15-18H,2-9H2,1H3/t10-,11+,12+,13-/m1/s1. The summed E-state index contributed by atoms with van der Waals surface area (Å²) in [4.78, 5) is 1.88. The van der Waals surface area contributed by atoms with E-state index in [1.54, 1.807) is 0 Å².